The predicted octanol–water partition coefficient (Wildman–Crippen LogP) is 3.73. The smallest absolute Gasteiger partial charge is 0.295 e. The number of carbonyl (C=O) groups is 2. The molecule has 0 bridgehead atoms. The predicted molar refractivity (Wildman–Crippen MR) is 110 cm³/mol. The van der Waals surface area contributed by atoms with Crippen LogP contribution in [0.5, 0.6) is 5.75 Å². The maximum absolute atomic E-state index is 12.9. The van der Waals surface area contributed by atoms with Crippen molar-refractivity contribution in [3.05, 3.63) is 69.8 Å². The molecule has 0 saturated carbocycles. The summed E-state index contributed by atoms with van der Waals surface area (Å²) in [6, 6.07) is 11.5. The van der Waals surface area contributed by atoms with E-state index in [0.29, 0.717) is 16.3 Å². The number of likely N-dealkylation sites (tertiary alicyclic amines) is 1. The lowest BCUT2D eigenvalue weighted by Gasteiger charge is -2.25. The van der Waals surface area contributed by atoms with E-state index in [0.717, 1.165) is 11.1 Å². The fourth-order valence-electron chi connectivity index (χ4n) is 3.45. The van der Waals surface area contributed by atoms with Gasteiger partial charge in [0.1, 0.15) is 11.5 Å². The first-order valence-electron chi connectivity index (χ1n) is 9.06. The van der Waals surface area contributed by atoms with Crippen LogP contribution in [0.3, 0.4) is 0 Å². The molecule has 1 unspecified atom stereocenters. The SMILES string of the molecule is COCCN1C(=O)C(=O)/C(=C(\O)c2ccc(Cl)c(OC)c2)C1c1cccc(C)c1. The largest absolute Gasteiger partial charge is 0.507 e. The molecule has 1 N–H and O–H groups in total. The van der Waals surface area contributed by atoms with Crippen LogP contribution in [0.25, 0.3) is 5.76 Å². The standard InChI is InChI=1S/C22H22ClNO5/c1-13-5-4-6-14(11-13)19-18(21(26)22(27)24(19)9-10-28-2)20(25)15-7-8-16(23)17(12-15)29-3/h4-8,11-12,19,25H,9-10H2,1-3H3/b20-18-. The van der Waals surface area contributed by atoms with E-state index in [-0.39, 0.29) is 24.5 Å². The van der Waals surface area contributed by atoms with Crippen LogP contribution in [0.2, 0.25) is 5.02 Å². The first kappa shape index (κ1) is 20.9. The van der Waals surface area contributed by atoms with Gasteiger partial charge in [-0.2, -0.15) is 0 Å². The van der Waals surface area contributed by atoms with Gasteiger partial charge < -0.3 is 19.5 Å². The number of nitrogens with zero attached hydrogens (tertiary/aromatic N) is 1. The quantitative estimate of drug-likeness (QED) is 0.442. The molecule has 152 valence electrons. The van der Waals surface area contributed by atoms with Crippen molar-refractivity contribution in [1.82, 2.24) is 4.90 Å². The van der Waals surface area contributed by atoms with E-state index in [1.165, 1.54) is 25.2 Å². The Bertz CT molecular complexity index is 985. The van der Waals surface area contributed by atoms with Crippen LogP contribution in [0, 0.1) is 6.92 Å². The topological polar surface area (TPSA) is 76.1 Å². The molecule has 0 aromatic heterocycles. The number of aliphatic hydroxyl groups is 1. The summed E-state index contributed by atoms with van der Waals surface area (Å²) in [5.74, 6) is -1.32. The number of carbonyl (C=O) groups excluding carboxylic acids is 2. The van der Waals surface area contributed by atoms with Crippen LogP contribution in [0.4, 0.5) is 0 Å². The highest BCUT2D eigenvalue weighted by molar-refractivity contribution is 6.46. The molecule has 3 rings (SSSR count). The van der Waals surface area contributed by atoms with Gasteiger partial charge in [0.05, 0.1) is 30.4 Å². The number of ether oxygens (including phenoxy) is 2. The summed E-state index contributed by atoms with van der Waals surface area (Å²) in [5.41, 5.74) is 2.09. The molecule has 1 atom stereocenters. The lowest BCUT2D eigenvalue weighted by atomic mass is 9.94. The van der Waals surface area contributed by atoms with E-state index in [2.05, 4.69) is 0 Å². The number of amides is 1. The van der Waals surface area contributed by atoms with Crippen LogP contribution in [0.1, 0.15) is 22.7 Å². The molecule has 0 radical (unpaired) electrons. The van der Waals surface area contributed by atoms with Crippen molar-refractivity contribution in [2.24, 2.45) is 0 Å². The van der Waals surface area contributed by atoms with E-state index in [1.807, 2.05) is 31.2 Å². The lowest BCUT2D eigenvalue weighted by molar-refractivity contribution is -0.140. The molecule has 1 amide bonds. The van der Waals surface area contributed by atoms with Crippen LogP contribution in [0.15, 0.2) is 48.0 Å². The average Bonchev–Trinajstić information content (AvgIpc) is 2.96. The van der Waals surface area contributed by atoms with Crippen LogP contribution in [-0.2, 0) is 14.3 Å². The summed E-state index contributed by atoms with van der Waals surface area (Å²) in [4.78, 5) is 27.0. The second-order valence-corrected chi connectivity index (χ2v) is 7.16. The minimum atomic E-state index is -0.737. The Kier molecular flexibility index (Phi) is 6.25. The Labute approximate surface area is 174 Å². The molecule has 2 aromatic carbocycles. The summed E-state index contributed by atoms with van der Waals surface area (Å²) in [6.07, 6.45) is 0. The zero-order valence-corrected chi connectivity index (χ0v) is 17.2. The van der Waals surface area contributed by atoms with Crippen molar-refractivity contribution in [3.8, 4) is 5.75 Å². The average molecular weight is 416 g/mol. The van der Waals surface area contributed by atoms with E-state index in [4.69, 9.17) is 21.1 Å². The Morgan fingerprint density at radius 3 is 2.59 bits per heavy atom. The van der Waals surface area contributed by atoms with Gasteiger partial charge in [-0.05, 0) is 30.7 Å². The first-order chi connectivity index (χ1) is 13.9. The number of hydrogen-bond donors (Lipinski definition) is 1. The number of rotatable bonds is 6. The summed E-state index contributed by atoms with van der Waals surface area (Å²) in [5, 5.41) is 11.4. The Balaban J connectivity index is 2.18. The van der Waals surface area contributed by atoms with Crippen molar-refractivity contribution in [2.45, 2.75) is 13.0 Å². The minimum absolute atomic E-state index is 0.0288. The third-order valence-electron chi connectivity index (χ3n) is 4.86. The van der Waals surface area contributed by atoms with Crippen LogP contribution < -0.4 is 4.74 Å². The molecule has 7 heteroatoms. The van der Waals surface area contributed by atoms with Crippen LogP contribution in [-0.4, -0.2) is 49.1 Å². The van der Waals surface area contributed by atoms with E-state index in [9.17, 15) is 14.7 Å². The zero-order valence-electron chi connectivity index (χ0n) is 16.4. The van der Waals surface area contributed by atoms with E-state index in [1.54, 1.807) is 12.1 Å². The van der Waals surface area contributed by atoms with E-state index >= 15 is 0 Å². The van der Waals surface area contributed by atoms with Crippen molar-refractivity contribution < 1.29 is 24.2 Å². The highest BCUT2D eigenvalue weighted by atomic mass is 35.5. The Morgan fingerprint density at radius 2 is 1.93 bits per heavy atom. The van der Waals surface area contributed by atoms with Crippen molar-refractivity contribution in [1.29, 1.82) is 0 Å². The van der Waals surface area contributed by atoms with E-state index < -0.39 is 17.7 Å². The molecule has 2 aromatic rings. The third kappa shape index (κ3) is 3.99. The summed E-state index contributed by atoms with van der Waals surface area (Å²) in [6.45, 7) is 2.42. The molecule has 0 spiro atoms. The second-order valence-electron chi connectivity index (χ2n) is 6.75. The molecule has 29 heavy (non-hydrogen) atoms. The fourth-order valence-corrected chi connectivity index (χ4v) is 3.64. The summed E-state index contributed by atoms with van der Waals surface area (Å²) < 4.78 is 10.3. The van der Waals surface area contributed by atoms with Gasteiger partial charge in [-0.1, -0.05) is 41.4 Å². The highest BCUT2D eigenvalue weighted by Crippen LogP contribution is 2.40. The molecular weight excluding hydrogens is 394 g/mol. The third-order valence-corrected chi connectivity index (χ3v) is 5.17. The van der Waals surface area contributed by atoms with Crippen molar-refractivity contribution in [2.75, 3.05) is 27.4 Å². The monoisotopic (exact) mass is 415 g/mol. The number of methoxy groups -OCH3 is 2. The minimum Gasteiger partial charge on any atom is -0.507 e. The zero-order chi connectivity index (χ0) is 21.1. The van der Waals surface area contributed by atoms with Gasteiger partial charge in [-0.25, -0.2) is 0 Å². The number of aliphatic hydroxyl groups excluding tert-OH is 1. The number of benzene rings is 2. The molecule has 1 heterocycles. The molecular formula is C22H22ClNO5. The summed E-state index contributed by atoms with van der Waals surface area (Å²) in [7, 11) is 2.99. The van der Waals surface area contributed by atoms with Gasteiger partial charge in [0.15, 0.2) is 0 Å². The first-order valence-corrected chi connectivity index (χ1v) is 9.44. The molecule has 6 nitrogen and oxygen atoms in total. The number of aryl methyl sites for hydroxylation is 1. The Hall–Kier alpha value is -2.83. The highest BCUT2D eigenvalue weighted by Gasteiger charge is 2.45. The molecule has 1 aliphatic heterocycles. The molecule has 1 aliphatic rings. The molecule has 1 fully saturated rings. The van der Waals surface area contributed by atoms with Crippen molar-refractivity contribution >= 4 is 29.1 Å². The van der Waals surface area contributed by atoms with Gasteiger partial charge >= 0.3 is 0 Å². The lowest BCUT2D eigenvalue weighted by Crippen LogP contribution is -2.32. The number of ketones is 1. The van der Waals surface area contributed by atoms with Crippen LogP contribution >= 0.6 is 11.6 Å². The fraction of sp³-hybridized carbons (Fsp3) is 0.273. The Morgan fingerprint density at radius 1 is 1.17 bits per heavy atom. The van der Waals surface area contributed by atoms with Gasteiger partial charge in [-0.3, -0.25) is 9.59 Å². The van der Waals surface area contributed by atoms with Gasteiger partial charge in [-0.15, -0.1) is 0 Å². The summed E-state index contributed by atoms with van der Waals surface area (Å²) >= 11 is 6.07. The van der Waals surface area contributed by atoms with Gasteiger partial charge in [0, 0.05) is 19.2 Å². The maximum Gasteiger partial charge on any atom is 0.295 e. The maximum atomic E-state index is 12.9. The van der Waals surface area contributed by atoms with Gasteiger partial charge in [0.2, 0.25) is 0 Å². The normalized spacial score (nSPS) is 18.3. The van der Waals surface area contributed by atoms with Crippen molar-refractivity contribution in [3.63, 3.8) is 0 Å². The van der Waals surface area contributed by atoms with Gasteiger partial charge in [0.25, 0.3) is 11.7 Å². The second kappa shape index (κ2) is 8.68. The number of halogens is 1. The molecule has 1 saturated heterocycles. The number of Topliss-reactive ketones (excluding diaryl/α,β-unsaturated/α-hetero) is 1. The number of hydrogen-bond acceptors (Lipinski definition) is 5. The molecule has 0 aliphatic carbocycles.